The fourth-order valence-electron chi connectivity index (χ4n) is 2.97. The van der Waals surface area contributed by atoms with E-state index >= 15 is 0 Å². The van der Waals surface area contributed by atoms with Crippen LogP contribution in [0.1, 0.15) is 45.1 Å². The molecule has 0 radical (unpaired) electrons. The van der Waals surface area contributed by atoms with E-state index in [9.17, 15) is 9.90 Å². The molecule has 0 spiro atoms. The topological polar surface area (TPSA) is 57.5 Å². The third-order valence-electron chi connectivity index (χ3n) is 4.08. The highest BCUT2D eigenvalue weighted by atomic mass is 16.4. The lowest BCUT2D eigenvalue weighted by atomic mass is 9.74. The highest BCUT2D eigenvalue weighted by Gasteiger charge is 2.33. The van der Waals surface area contributed by atoms with Gasteiger partial charge in [0.05, 0.1) is 0 Å². The largest absolute Gasteiger partial charge is 0.479 e. The number of carboxylic acid groups (broad SMARTS) is 1. The van der Waals surface area contributed by atoms with Gasteiger partial charge in [-0.2, -0.15) is 0 Å². The van der Waals surface area contributed by atoms with Crippen LogP contribution in [0.25, 0.3) is 0 Å². The molecule has 0 aliphatic rings. The number of carbonyl (C=O) groups is 1. The first-order valence-corrected chi connectivity index (χ1v) is 6.98. The molecule has 3 heteroatoms. The van der Waals surface area contributed by atoms with E-state index < -0.39 is 12.1 Å². The van der Waals surface area contributed by atoms with Crippen molar-refractivity contribution in [1.29, 1.82) is 0 Å². The zero-order valence-corrected chi connectivity index (χ0v) is 11.9. The normalized spacial score (nSPS) is 17.5. The molecule has 0 heterocycles. The van der Waals surface area contributed by atoms with E-state index in [1.165, 1.54) is 5.56 Å². The second kappa shape index (κ2) is 7.29. The Bertz CT molecular complexity index is 388. The van der Waals surface area contributed by atoms with Gasteiger partial charge in [-0.25, -0.2) is 4.79 Å². The lowest BCUT2D eigenvalue weighted by molar-refractivity contribution is -0.150. The molecule has 106 valence electrons. The summed E-state index contributed by atoms with van der Waals surface area (Å²) in [5.41, 5.74) is 1.22. The van der Waals surface area contributed by atoms with Crippen molar-refractivity contribution in [1.82, 2.24) is 0 Å². The van der Waals surface area contributed by atoms with Gasteiger partial charge in [0.25, 0.3) is 0 Å². The van der Waals surface area contributed by atoms with Crippen LogP contribution in [0.2, 0.25) is 0 Å². The Morgan fingerprint density at radius 1 is 1.16 bits per heavy atom. The first kappa shape index (κ1) is 15.7. The lowest BCUT2D eigenvalue weighted by Gasteiger charge is -2.32. The zero-order valence-electron chi connectivity index (χ0n) is 11.9. The first-order valence-electron chi connectivity index (χ1n) is 6.98. The average Bonchev–Trinajstić information content (AvgIpc) is 2.43. The van der Waals surface area contributed by atoms with Crippen LogP contribution in [0.3, 0.4) is 0 Å². The van der Waals surface area contributed by atoms with Crippen LogP contribution in [-0.4, -0.2) is 22.3 Å². The maximum absolute atomic E-state index is 11.0. The summed E-state index contributed by atoms with van der Waals surface area (Å²) >= 11 is 0. The van der Waals surface area contributed by atoms with Crippen molar-refractivity contribution in [3.8, 4) is 0 Å². The van der Waals surface area contributed by atoms with Gasteiger partial charge in [-0.1, -0.05) is 57.5 Å². The second-order valence-corrected chi connectivity index (χ2v) is 5.14. The molecular formula is C16H24O3. The van der Waals surface area contributed by atoms with Crippen molar-refractivity contribution in [3.05, 3.63) is 35.9 Å². The van der Waals surface area contributed by atoms with Crippen molar-refractivity contribution < 1.29 is 15.0 Å². The van der Waals surface area contributed by atoms with Gasteiger partial charge in [0.2, 0.25) is 0 Å². The Morgan fingerprint density at radius 2 is 1.74 bits per heavy atom. The highest BCUT2D eigenvalue weighted by Crippen LogP contribution is 2.36. The molecule has 1 aromatic rings. The molecule has 2 N–H and O–H groups in total. The standard InChI is InChI=1S/C16H24O3/c1-4-13(11(3)15(17)16(18)19)14(5-2)12-9-7-6-8-10-12/h6-11,13-15,17H,4-5H2,1-3H3,(H,18,19). The smallest absolute Gasteiger partial charge is 0.332 e. The number of aliphatic hydroxyl groups excluding tert-OH is 1. The molecule has 0 amide bonds. The Balaban J connectivity index is 2.96. The van der Waals surface area contributed by atoms with E-state index in [-0.39, 0.29) is 17.8 Å². The van der Waals surface area contributed by atoms with Crippen LogP contribution < -0.4 is 0 Å². The molecule has 0 aliphatic heterocycles. The molecule has 0 aliphatic carbocycles. The van der Waals surface area contributed by atoms with E-state index in [2.05, 4.69) is 26.0 Å². The summed E-state index contributed by atoms with van der Waals surface area (Å²) in [4.78, 5) is 11.0. The van der Waals surface area contributed by atoms with Crippen molar-refractivity contribution in [2.45, 2.75) is 45.6 Å². The number of hydrogen-bond acceptors (Lipinski definition) is 2. The highest BCUT2D eigenvalue weighted by molar-refractivity contribution is 5.72. The third kappa shape index (κ3) is 3.80. The van der Waals surface area contributed by atoms with Gasteiger partial charge < -0.3 is 10.2 Å². The van der Waals surface area contributed by atoms with Crippen molar-refractivity contribution in [2.24, 2.45) is 11.8 Å². The molecule has 4 unspecified atom stereocenters. The summed E-state index contributed by atoms with van der Waals surface area (Å²) < 4.78 is 0. The lowest BCUT2D eigenvalue weighted by Crippen LogP contribution is -2.34. The van der Waals surface area contributed by atoms with Crippen LogP contribution >= 0.6 is 0 Å². The van der Waals surface area contributed by atoms with Gasteiger partial charge in [-0.3, -0.25) is 0 Å². The molecule has 19 heavy (non-hydrogen) atoms. The van der Waals surface area contributed by atoms with E-state index in [1.807, 2.05) is 25.1 Å². The molecule has 0 bridgehead atoms. The van der Waals surface area contributed by atoms with E-state index in [0.717, 1.165) is 12.8 Å². The van der Waals surface area contributed by atoms with Gasteiger partial charge in [-0.15, -0.1) is 0 Å². The van der Waals surface area contributed by atoms with Crippen LogP contribution in [0.5, 0.6) is 0 Å². The summed E-state index contributed by atoms with van der Waals surface area (Å²) in [6.45, 7) is 6.00. The molecule has 0 saturated heterocycles. The van der Waals surface area contributed by atoms with Crippen molar-refractivity contribution in [3.63, 3.8) is 0 Å². The fourth-order valence-corrected chi connectivity index (χ4v) is 2.97. The quantitative estimate of drug-likeness (QED) is 0.794. The molecule has 4 atom stereocenters. The Hall–Kier alpha value is -1.35. The molecule has 0 saturated carbocycles. The van der Waals surface area contributed by atoms with Gasteiger partial charge in [0, 0.05) is 0 Å². The van der Waals surface area contributed by atoms with Crippen LogP contribution in [-0.2, 0) is 4.79 Å². The summed E-state index contributed by atoms with van der Waals surface area (Å²) in [6.07, 6.45) is 0.515. The Morgan fingerprint density at radius 3 is 2.16 bits per heavy atom. The van der Waals surface area contributed by atoms with E-state index in [1.54, 1.807) is 0 Å². The molecule has 1 aromatic carbocycles. The Labute approximate surface area is 115 Å². The molecule has 0 aromatic heterocycles. The maximum atomic E-state index is 11.0. The van der Waals surface area contributed by atoms with Crippen LogP contribution in [0.15, 0.2) is 30.3 Å². The Kier molecular flexibility index (Phi) is 6.03. The molecule has 3 nitrogen and oxygen atoms in total. The predicted octanol–water partition coefficient (Wildman–Crippen LogP) is 3.29. The van der Waals surface area contributed by atoms with Crippen LogP contribution in [0, 0.1) is 11.8 Å². The summed E-state index contributed by atoms with van der Waals surface area (Å²) in [5.74, 6) is -0.935. The van der Waals surface area contributed by atoms with Crippen molar-refractivity contribution in [2.75, 3.05) is 0 Å². The number of benzene rings is 1. The van der Waals surface area contributed by atoms with E-state index in [0.29, 0.717) is 0 Å². The number of hydrogen-bond donors (Lipinski definition) is 2. The third-order valence-corrected chi connectivity index (χ3v) is 4.08. The van der Waals surface area contributed by atoms with Gasteiger partial charge in [-0.05, 0) is 29.7 Å². The maximum Gasteiger partial charge on any atom is 0.332 e. The van der Waals surface area contributed by atoms with Gasteiger partial charge in [0.1, 0.15) is 0 Å². The van der Waals surface area contributed by atoms with Crippen molar-refractivity contribution >= 4 is 5.97 Å². The monoisotopic (exact) mass is 264 g/mol. The number of aliphatic hydroxyl groups is 1. The summed E-state index contributed by atoms with van der Waals surface area (Å²) in [5, 5.41) is 18.8. The minimum atomic E-state index is -1.29. The predicted molar refractivity (Wildman–Crippen MR) is 76.1 cm³/mol. The SMILES string of the molecule is CCC(c1ccccc1)C(CC)C(C)C(O)C(=O)O. The average molecular weight is 264 g/mol. The minimum Gasteiger partial charge on any atom is -0.479 e. The summed E-state index contributed by atoms with van der Waals surface area (Å²) in [7, 11) is 0. The van der Waals surface area contributed by atoms with E-state index in [4.69, 9.17) is 5.11 Å². The molecular weight excluding hydrogens is 240 g/mol. The number of rotatable bonds is 7. The number of aliphatic carboxylic acids is 1. The summed E-state index contributed by atoms with van der Waals surface area (Å²) in [6, 6.07) is 10.1. The molecule has 1 rings (SSSR count). The first-order chi connectivity index (χ1) is 9.02. The van der Waals surface area contributed by atoms with Crippen LogP contribution in [0.4, 0.5) is 0 Å². The molecule has 0 fully saturated rings. The van der Waals surface area contributed by atoms with Gasteiger partial charge in [0.15, 0.2) is 6.10 Å². The van der Waals surface area contributed by atoms with Gasteiger partial charge >= 0.3 is 5.97 Å². The number of carboxylic acids is 1. The second-order valence-electron chi connectivity index (χ2n) is 5.14. The fraction of sp³-hybridized carbons (Fsp3) is 0.562. The minimum absolute atomic E-state index is 0.165. The zero-order chi connectivity index (χ0) is 14.4.